The van der Waals surface area contributed by atoms with Crippen LogP contribution in [0.3, 0.4) is 0 Å². The Kier molecular flexibility index (Phi) is 5.32. The van der Waals surface area contributed by atoms with Crippen molar-refractivity contribution >= 4 is 29.0 Å². The number of nitrogens with two attached hydrogens (primary N) is 1. The molecule has 0 heterocycles. The van der Waals surface area contributed by atoms with Gasteiger partial charge in [0.15, 0.2) is 12.4 Å². The highest BCUT2D eigenvalue weighted by Crippen LogP contribution is 2.22. The van der Waals surface area contributed by atoms with E-state index in [2.05, 4.69) is 10.5 Å². The molecule has 2 aromatic carbocycles. The number of carbonyl (C=O) groups is 1. The molecular formula is C15H13ClFN3O2. The molecular weight excluding hydrogens is 309 g/mol. The predicted octanol–water partition coefficient (Wildman–Crippen LogP) is 2.75. The van der Waals surface area contributed by atoms with Gasteiger partial charge < -0.3 is 15.9 Å². The molecule has 0 saturated carbocycles. The molecule has 2 aromatic rings. The molecule has 7 heteroatoms. The maximum absolute atomic E-state index is 12.9. The summed E-state index contributed by atoms with van der Waals surface area (Å²) in [5, 5.41) is 6.23. The van der Waals surface area contributed by atoms with E-state index >= 15 is 0 Å². The summed E-state index contributed by atoms with van der Waals surface area (Å²) < 4.78 is 12.9. The van der Waals surface area contributed by atoms with Crippen LogP contribution in [0.1, 0.15) is 5.56 Å². The van der Waals surface area contributed by atoms with Gasteiger partial charge in [-0.3, -0.25) is 4.79 Å². The zero-order valence-electron chi connectivity index (χ0n) is 11.4. The van der Waals surface area contributed by atoms with Crippen molar-refractivity contribution in [3.05, 3.63) is 64.9 Å². The van der Waals surface area contributed by atoms with Gasteiger partial charge in [-0.1, -0.05) is 47.1 Å². The minimum atomic E-state index is -0.488. The van der Waals surface area contributed by atoms with Gasteiger partial charge in [0.2, 0.25) is 0 Å². The Morgan fingerprint density at radius 2 is 2.00 bits per heavy atom. The number of oxime groups is 1. The number of halogens is 2. The van der Waals surface area contributed by atoms with Gasteiger partial charge in [0, 0.05) is 5.56 Å². The molecule has 0 unspecified atom stereocenters. The van der Waals surface area contributed by atoms with Crippen LogP contribution < -0.4 is 11.1 Å². The van der Waals surface area contributed by atoms with Gasteiger partial charge in [-0.25, -0.2) is 4.39 Å². The monoisotopic (exact) mass is 321 g/mol. The Morgan fingerprint density at radius 1 is 1.27 bits per heavy atom. The predicted molar refractivity (Wildman–Crippen MR) is 83.2 cm³/mol. The molecule has 22 heavy (non-hydrogen) atoms. The second-order valence-electron chi connectivity index (χ2n) is 4.29. The standard InChI is InChI=1S/C15H13ClFN3O2/c16-12-8-11(17)6-7-13(12)19-14(21)9-22-20-15(18)10-4-2-1-3-5-10/h1-8H,9H2,(H2,18,20)(H,19,21). The normalized spacial score (nSPS) is 11.1. The molecule has 0 fully saturated rings. The average Bonchev–Trinajstić information content (AvgIpc) is 2.51. The van der Waals surface area contributed by atoms with Gasteiger partial charge in [0.05, 0.1) is 10.7 Å². The van der Waals surface area contributed by atoms with E-state index in [1.807, 2.05) is 6.07 Å². The first kappa shape index (κ1) is 15.8. The van der Waals surface area contributed by atoms with E-state index < -0.39 is 11.7 Å². The third-order valence-electron chi connectivity index (χ3n) is 2.63. The molecule has 0 aliphatic carbocycles. The fourth-order valence-corrected chi connectivity index (χ4v) is 1.81. The van der Waals surface area contributed by atoms with E-state index in [0.29, 0.717) is 5.56 Å². The quantitative estimate of drug-likeness (QED) is 0.505. The van der Waals surface area contributed by atoms with Crippen molar-refractivity contribution in [3.63, 3.8) is 0 Å². The molecule has 2 rings (SSSR count). The molecule has 114 valence electrons. The molecule has 5 nitrogen and oxygen atoms in total. The van der Waals surface area contributed by atoms with Crippen LogP contribution in [-0.4, -0.2) is 18.3 Å². The fraction of sp³-hybridized carbons (Fsp3) is 0.0667. The number of hydrogen-bond donors (Lipinski definition) is 2. The second-order valence-corrected chi connectivity index (χ2v) is 4.70. The molecule has 0 aromatic heterocycles. The second kappa shape index (κ2) is 7.42. The van der Waals surface area contributed by atoms with Crippen LogP contribution in [0.5, 0.6) is 0 Å². The summed E-state index contributed by atoms with van der Waals surface area (Å²) in [7, 11) is 0. The number of amidine groups is 1. The first-order chi connectivity index (χ1) is 10.6. The summed E-state index contributed by atoms with van der Waals surface area (Å²) in [5.41, 5.74) is 6.68. The molecule has 0 bridgehead atoms. The van der Waals surface area contributed by atoms with E-state index in [1.165, 1.54) is 12.1 Å². The molecule has 0 atom stereocenters. The van der Waals surface area contributed by atoms with E-state index in [1.54, 1.807) is 24.3 Å². The van der Waals surface area contributed by atoms with E-state index in [0.717, 1.165) is 6.07 Å². The lowest BCUT2D eigenvalue weighted by atomic mass is 10.2. The number of rotatable bonds is 5. The number of amides is 1. The average molecular weight is 322 g/mol. The van der Waals surface area contributed by atoms with Gasteiger partial charge in [0.25, 0.3) is 5.91 Å². The third-order valence-corrected chi connectivity index (χ3v) is 2.95. The van der Waals surface area contributed by atoms with Crippen molar-refractivity contribution < 1.29 is 14.0 Å². The third kappa shape index (κ3) is 4.46. The van der Waals surface area contributed by atoms with Crippen molar-refractivity contribution in [2.24, 2.45) is 10.9 Å². The fourth-order valence-electron chi connectivity index (χ4n) is 1.60. The number of anilines is 1. The zero-order chi connectivity index (χ0) is 15.9. The van der Waals surface area contributed by atoms with Gasteiger partial charge in [-0.15, -0.1) is 0 Å². The number of nitrogens with zero attached hydrogens (tertiary/aromatic N) is 1. The van der Waals surface area contributed by atoms with E-state index in [4.69, 9.17) is 22.2 Å². The minimum Gasteiger partial charge on any atom is -0.384 e. The topological polar surface area (TPSA) is 76.7 Å². The van der Waals surface area contributed by atoms with Crippen LogP contribution in [0.2, 0.25) is 5.02 Å². The van der Waals surface area contributed by atoms with Gasteiger partial charge in [-0.2, -0.15) is 0 Å². The number of nitrogens with one attached hydrogen (secondary N) is 1. The lowest BCUT2D eigenvalue weighted by Gasteiger charge is -2.06. The summed E-state index contributed by atoms with van der Waals surface area (Å²) in [5.74, 6) is -0.814. The van der Waals surface area contributed by atoms with Crippen LogP contribution in [0, 0.1) is 5.82 Å². The van der Waals surface area contributed by atoms with Crippen LogP contribution in [0.15, 0.2) is 53.7 Å². The lowest BCUT2D eigenvalue weighted by molar-refractivity contribution is -0.120. The van der Waals surface area contributed by atoms with E-state index in [9.17, 15) is 9.18 Å². The molecule has 1 amide bonds. The van der Waals surface area contributed by atoms with Crippen LogP contribution in [0.4, 0.5) is 10.1 Å². The molecule has 0 aliphatic rings. The molecule has 0 spiro atoms. The maximum atomic E-state index is 12.9. The van der Waals surface area contributed by atoms with Crippen molar-refractivity contribution in [2.75, 3.05) is 11.9 Å². The molecule has 0 saturated heterocycles. The highest BCUT2D eigenvalue weighted by Gasteiger charge is 2.07. The van der Waals surface area contributed by atoms with Crippen LogP contribution >= 0.6 is 11.6 Å². The summed E-state index contributed by atoms with van der Waals surface area (Å²) in [6.45, 7) is -0.346. The smallest absolute Gasteiger partial charge is 0.265 e. The molecule has 0 radical (unpaired) electrons. The largest absolute Gasteiger partial charge is 0.384 e. The molecule has 0 aliphatic heterocycles. The number of hydrogen-bond acceptors (Lipinski definition) is 3. The van der Waals surface area contributed by atoms with E-state index in [-0.39, 0.29) is 23.2 Å². The highest BCUT2D eigenvalue weighted by molar-refractivity contribution is 6.33. The Labute approximate surface area is 131 Å². The Balaban J connectivity index is 1.88. The Morgan fingerprint density at radius 3 is 2.68 bits per heavy atom. The Bertz CT molecular complexity index is 692. The summed E-state index contributed by atoms with van der Waals surface area (Å²) >= 11 is 5.80. The first-order valence-corrected chi connectivity index (χ1v) is 6.70. The minimum absolute atomic E-state index is 0.0978. The lowest BCUT2D eigenvalue weighted by Crippen LogP contribution is -2.19. The summed E-state index contributed by atoms with van der Waals surface area (Å²) in [6, 6.07) is 12.6. The van der Waals surface area contributed by atoms with Crippen LogP contribution in [-0.2, 0) is 9.63 Å². The van der Waals surface area contributed by atoms with Crippen molar-refractivity contribution in [2.45, 2.75) is 0 Å². The zero-order valence-corrected chi connectivity index (χ0v) is 12.2. The van der Waals surface area contributed by atoms with Gasteiger partial charge in [0.1, 0.15) is 5.82 Å². The highest BCUT2D eigenvalue weighted by atomic mass is 35.5. The Hall–Kier alpha value is -2.60. The number of carbonyl (C=O) groups excluding carboxylic acids is 1. The van der Waals surface area contributed by atoms with Crippen molar-refractivity contribution in [1.29, 1.82) is 0 Å². The maximum Gasteiger partial charge on any atom is 0.265 e. The molecule has 3 N–H and O–H groups in total. The number of benzene rings is 2. The summed E-state index contributed by atoms with van der Waals surface area (Å²) in [6.07, 6.45) is 0. The van der Waals surface area contributed by atoms with Gasteiger partial charge >= 0.3 is 0 Å². The summed E-state index contributed by atoms with van der Waals surface area (Å²) in [4.78, 5) is 16.6. The van der Waals surface area contributed by atoms with Gasteiger partial charge in [-0.05, 0) is 18.2 Å². The first-order valence-electron chi connectivity index (χ1n) is 6.32. The van der Waals surface area contributed by atoms with Crippen LogP contribution in [0.25, 0.3) is 0 Å². The van der Waals surface area contributed by atoms with Crippen molar-refractivity contribution in [3.8, 4) is 0 Å². The SMILES string of the molecule is N/C(=N/OCC(=O)Nc1ccc(F)cc1Cl)c1ccccc1. The van der Waals surface area contributed by atoms with Crippen molar-refractivity contribution in [1.82, 2.24) is 0 Å².